The molecule has 54 valence electrons. The maximum Gasteiger partial charge on any atom is 0.512 e. The predicted molar refractivity (Wildman–Crippen MR) is 41.6 cm³/mol. The first kappa shape index (κ1) is 7.49. The average molecular weight is 177 g/mol. The van der Waals surface area contributed by atoms with Crippen LogP contribution in [-0.2, 0) is 4.74 Å². The fraction of sp³-hybridized carbons (Fsp3) is 0.250. The first-order valence-electron chi connectivity index (χ1n) is 2.33. The first-order valence-corrected chi connectivity index (χ1v) is 3.73. The van der Waals surface area contributed by atoms with E-state index in [-0.39, 0.29) is 5.90 Å². The third-order valence-electron chi connectivity index (χ3n) is 0.740. The van der Waals surface area contributed by atoms with E-state index in [4.69, 9.17) is 5.11 Å². The van der Waals surface area contributed by atoms with Crippen LogP contribution in [0.25, 0.3) is 0 Å². The lowest BCUT2D eigenvalue weighted by Crippen LogP contribution is -2.09. The molecule has 6 heteroatoms. The Bertz CT molecular complexity index is 213. The van der Waals surface area contributed by atoms with E-state index in [0.29, 0.717) is 10.1 Å². The van der Waals surface area contributed by atoms with Crippen molar-refractivity contribution < 1.29 is 14.6 Å². The van der Waals surface area contributed by atoms with Crippen LogP contribution in [0, 0.1) is 0 Å². The Kier molecular flexibility index (Phi) is 2.23. The van der Waals surface area contributed by atoms with Crippen LogP contribution in [0.4, 0.5) is 4.79 Å². The van der Waals surface area contributed by atoms with Crippen molar-refractivity contribution >= 4 is 40.4 Å². The zero-order valence-corrected chi connectivity index (χ0v) is 6.37. The minimum atomic E-state index is -1.34. The van der Waals surface area contributed by atoms with Gasteiger partial charge in [-0.25, -0.2) is 4.79 Å². The summed E-state index contributed by atoms with van der Waals surface area (Å²) >= 11 is 5.94. The Labute approximate surface area is 66.3 Å². The molecule has 0 aliphatic carbocycles. The van der Waals surface area contributed by atoms with Crippen LogP contribution in [0.2, 0.25) is 0 Å². The molecule has 0 fully saturated rings. The van der Waals surface area contributed by atoms with Gasteiger partial charge in [0.05, 0.1) is 5.75 Å². The number of carboxylic acid groups (broad SMARTS) is 1. The summed E-state index contributed by atoms with van der Waals surface area (Å²) in [5.41, 5.74) is 0. The van der Waals surface area contributed by atoms with Crippen LogP contribution in [0.1, 0.15) is 0 Å². The predicted octanol–water partition coefficient (Wildman–Crippen LogP) is 1.11. The molecule has 0 aromatic carbocycles. The number of carbonyl (C=O) groups is 1. The summed E-state index contributed by atoms with van der Waals surface area (Å²) < 4.78 is 4.67. The number of thiocarbonyl (C=S) groups is 1. The molecule has 1 N–H and O–H groups in total. The first-order chi connectivity index (χ1) is 4.68. The zero-order valence-electron chi connectivity index (χ0n) is 4.73. The lowest BCUT2D eigenvalue weighted by Gasteiger charge is -1.92. The molecule has 0 aromatic heterocycles. The van der Waals surface area contributed by atoms with Gasteiger partial charge >= 0.3 is 6.16 Å². The van der Waals surface area contributed by atoms with Crippen LogP contribution in [0.5, 0.6) is 0 Å². The van der Waals surface area contributed by atoms with E-state index < -0.39 is 6.16 Å². The van der Waals surface area contributed by atoms with Crippen molar-refractivity contribution in [2.75, 3.05) is 5.75 Å². The van der Waals surface area contributed by atoms with E-state index in [1.54, 1.807) is 0 Å². The molecule has 0 radical (unpaired) electrons. The summed E-state index contributed by atoms with van der Waals surface area (Å²) in [6, 6.07) is 0. The molecule has 1 rings (SSSR count). The Hall–Kier alpha value is -0.620. The molecule has 0 saturated heterocycles. The highest BCUT2D eigenvalue weighted by atomic mass is 32.2. The van der Waals surface area contributed by atoms with E-state index in [0.717, 1.165) is 0 Å². The summed E-state index contributed by atoms with van der Waals surface area (Å²) in [5, 5.41) is 8.10. The van der Waals surface area contributed by atoms with Crippen molar-refractivity contribution in [3.05, 3.63) is 0 Å². The smallest absolute Gasteiger partial charge is 0.449 e. The number of thioether (sulfide) groups is 1. The zero-order chi connectivity index (χ0) is 7.56. The Morgan fingerprint density at radius 1 is 1.90 bits per heavy atom. The number of ether oxygens (including phenoxy) is 1. The largest absolute Gasteiger partial charge is 0.512 e. The molecule has 0 bridgehead atoms. The normalized spacial score (nSPS) is 16.8. The standard InChI is InChI=1S/C4H3NO3S2/c6-4(7)8-2-1-10-3(9)5-2/h1H2,(H,6,7). The lowest BCUT2D eigenvalue weighted by molar-refractivity contribution is 0.140. The number of hydrogen-bond donors (Lipinski definition) is 1. The number of nitrogens with zero attached hydrogens (tertiary/aromatic N) is 1. The van der Waals surface area contributed by atoms with E-state index in [1.165, 1.54) is 11.8 Å². The van der Waals surface area contributed by atoms with Crippen molar-refractivity contribution in [3.63, 3.8) is 0 Å². The van der Waals surface area contributed by atoms with E-state index in [1.807, 2.05) is 0 Å². The van der Waals surface area contributed by atoms with Gasteiger partial charge in [-0.15, -0.1) is 0 Å². The molecular formula is C4H3NO3S2. The second-order valence-corrected chi connectivity index (χ2v) is 3.04. The van der Waals surface area contributed by atoms with E-state index in [9.17, 15) is 4.79 Å². The molecule has 4 nitrogen and oxygen atoms in total. The van der Waals surface area contributed by atoms with E-state index in [2.05, 4.69) is 21.9 Å². The summed E-state index contributed by atoms with van der Waals surface area (Å²) in [6.07, 6.45) is -1.34. The maximum absolute atomic E-state index is 9.91. The highest BCUT2D eigenvalue weighted by Gasteiger charge is 2.15. The van der Waals surface area contributed by atoms with Crippen molar-refractivity contribution in [1.82, 2.24) is 0 Å². The van der Waals surface area contributed by atoms with Crippen LogP contribution in [0.3, 0.4) is 0 Å². The van der Waals surface area contributed by atoms with Crippen LogP contribution >= 0.6 is 24.0 Å². The van der Waals surface area contributed by atoms with Gasteiger partial charge < -0.3 is 9.84 Å². The highest BCUT2D eigenvalue weighted by molar-refractivity contribution is 8.23. The molecule has 1 aliphatic heterocycles. The Morgan fingerprint density at radius 3 is 3.00 bits per heavy atom. The van der Waals surface area contributed by atoms with Gasteiger partial charge in [0.1, 0.15) is 0 Å². The van der Waals surface area contributed by atoms with E-state index >= 15 is 0 Å². The maximum atomic E-state index is 9.91. The van der Waals surface area contributed by atoms with Crippen molar-refractivity contribution in [3.8, 4) is 0 Å². The summed E-state index contributed by atoms with van der Waals surface area (Å²) in [7, 11) is 0. The number of rotatable bonds is 0. The Balaban J connectivity index is 2.50. The third-order valence-corrected chi connectivity index (χ3v) is 1.91. The topological polar surface area (TPSA) is 58.9 Å². The minimum absolute atomic E-state index is 0.169. The fourth-order valence-corrected chi connectivity index (χ4v) is 1.26. The second kappa shape index (κ2) is 2.98. The average Bonchev–Trinajstić information content (AvgIpc) is 2.13. The molecular weight excluding hydrogens is 174 g/mol. The van der Waals surface area contributed by atoms with Gasteiger partial charge in [0.25, 0.3) is 0 Å². The monoisotopic (exact) mass is 177 g/mol. The van der Waals surface area contributed by atoms with Crippen molar-refractivity contribution in [1.29, 1.82) is 0 Å². The van der Waals surface area contributed by atoms with Gasteiger partial charge in [-0.2, -0.15) is 4.99 Å². The molecule has 0 atom stereocenters. The lowest BCUT2D eigenvalue weighted by atomic mass is 10.8. The molecule has 1 heterocycles. The third kappa shape index (κ3) is 1.96. The molecule has 1 aliphatic rings. The molecule has 0 spiro atoms. The number of aliphatic imine (C=N–C) groups is 1. The van der Waals surface area contributed by atoms with Gasteiger partial charge in [0, 0.05) is 0 Å². The van der Waals surface area contributed by atoms with Crippen LogP contribution in [0.15, 0.2) is 4.99 Å². The molecule has 0 amide bonds. The van der Waals surface area contributed by atoms with Gasteiger partial charge in [0.2, 0.25) is 5.90 Å². The van der Waals surface area contributed by atoms with Gasteiger partial charge in [0.15, 0.2) is 4.32 Å². The molecule has 0 saturated carbocycles. The van der Waals surface area contributed by atoms with Crippen molar-refractivity contribution in [2.45, 2.75) is 0 Å². The summed E-state index contributed by atoms with van der Waals surface area (Å²) in [5.74, 6) is 0.591. The van der Waals surface area contributed by atoms with Gasteiger partial charge in [-0.1, -0.05) is 24.0 Å². The minimum Gasteiger partial charge on any atom is -0.449 e. The van der Waals surface area contributed by atoms with Gasteiger partial charge in [-0.3, -0.25) is 0 Å². The SMILES string of the molecule is O=C(O)OC1=NC(=S)SC1. The summed E-state index contributed by atoms with van der Waals surface area (Å²) in [6.45, 7) is 0. The Morgan fingerprint density at radius 2 is 2.60 bits per heavy atom. The van der Waals surface area contributed by atoms with Crippen LogP contribution in [-0.4, -0.2) is 27.2 Å². The van der Waals surface area contributed by atoms with Crippen LogP contribution < -0.4 is 0 Å². The molecule has 0 aromatic rings. The fourth-order valence-electron chi connectivity index (χ4n) is 0.443. The number of hydrogen-bond acceptors (Lipinski definition) is 4. The quantitative estimate of drug-likeness (QED) is 0.443. The summed E-state index contributed by atoms with van der Waals surface area (Å²) in [4.78, 5) is 13.5. The van der Waals surface area contributed by atoms with Crippen molar-refractivity contribution in [2.24, 2.45) is 4.99 Å². The highest BCUT2D eigenvalue weighted by Crippen LogP contribution is 2.14. The van der Waals surface area contributed by atoms with Gasteiger partial charge in [-0.05, 0) is 0 Å². The molecule has 10 heavy (non-hydrogen) atoms. The molecule has 0 unspecified atom stereocenters. The second-order valence-electron chi connectivity index (χ2n) is 1.43.